The van der Waals surface area contributed by atoms with E-state index in [0.29, 0.717) is 0 Å². The van der Waals surface area contributed by atoms with E-state index < -0.39 is 43.8 Å². The van der Waals surface area contributed by atoms with Gasteiger partial charge in [-0.25, -0.2) is 4.79 Å². The van der Waals surface area contributed by atoms with Crippen LogP contribution in [0, 0.1) is 0 Å². The Morgan fingerprint density at radius 2 is 1.43 bits per heavy atom. The topological polar surface area (TPSA) is 116 Å². The van der Waals surface area contributed by atoms with Crippen molar-refractivity contribution in [1.82, 2.24) is 0 Å². The van der Waals surface area contributed by atoms with Gasteiger partial charge in [0.2, 0.25) is 0 Å². The molecule has 4 atom stereocenters. The van der Waals surface area contributed by atoms with Gasteiger partial charge in [-0.1, -0.05) is 0 Å². The van der Waals surface area contributed by atoms with Gasteiger partial charge in [0.05, 0.1) is 13.2 Å². The van der Waals surface area contributed by atoms with Crippen LogP contribution in [0.15, 0.2) is 0 Å². The van der Waals surface area contributed by atoms with Gasteiger partial charge in [0, 0.05) is 0 Å². The van der Waals surface area contributed by atoms with Crippen LogP contribution in [-0.4, -0.2) is 64.2 Å². The van der Waals surface area contributed by atoms with Gasteiger partial charge in [-0.15, -0.1) is 0 Å². The van der Waals surface area contributed by atoms with Crippen molar-refractivity contribution in [3.05, 3.63) is 0 Å². The van der Waals surface area contributed by atoms with E-state index in [1.165, 1.54) is 0 Å². The van der Waals surface area contributed by atoms with Crippen LogP contribution in [0.3, 0.4) is 0 Å². The van der Waals surface area contributed by atoms with E-state index in [0.717, 1.165) is 0 Å². The summed E-state index contributed by atoms with van der Waals surface area (Å²) < 4.78 is 9.01. The van der Waals surface area contributed by atoms with Crippen LogP contribution in [0.25, 0.3) is 0 Å². The Morgan fingerprint density at radius 3 is 1.71 bits per heavy atom. The highest BCUT2D eigenvalue weighted by atomic mass is 16.8. The van der Waals surface area contributed by atoms with Crippen LogP contribution in [0.1, 0.15) is 0 Å². The van der Waals surface area contributed by atoms with E-state index in [4.69, 9.17) is 10.2 Å². The Bertz CT molecular complexity index is 186. The summed E-state index contributed by atoms with van der Waals surface area (Å²) >= 11 is 0. The smallest absolute Gasteiger partial charge is 0.424 e. The first-order valence-corrected chi connectivity index (χ1v) is 4.05. The second-order valence-electron chi connectivity index (χ2n) is 2.91. The summed E-state index contributed by atoms with van der Waals surface area (Å²) in [6, 6.07) is 0. The second-order valence-corrected chi connectivity index (χ2v) is 2.91. The molecular formula is C7H12O7. The number of aliphatic hydroxyl groups is 4. The zero-order chi connectivity index (χ0) is 10.7. The van der Waals surface area contributed by atoms with Crippen LogP contribution in [-0.2, 0) is 9.47 Å². The van der Waals surface area contributed by atoms with Crippen molar-refractivity contribution < 1.29 is 34.7 Å². The molecule has 1 aliphatic rings. The van der Waals surface area contributed by atoms with Gasteiger partial charge in [-0.2, -0.15) is 0 Å². The molecule has 0 aromatic heterocycles. The molecule has 0 amide bonds. The van der Waals surface area contributed by atoms with Gasteiger partial charge in [-0.3, -0.25) is 0 Å². The molecule has 1 aliphatic heterocycles. The standard InChI is InChI=1S/C7H12O7/c8-1-3(10)5-6(4(11)2-9)14-7(12)13-5/h3-6,8-11H,1-2H2/t3-,4-,5-,6-/m1/s1. The number of ether oxygens (including phenoxy) is 2. The molecule has 7 nitrogen and oxygen atoms in total. The zero-order valence-electron chi connectivity index (χ0n) is 7.24. The van der Waals surface area contributed by atoms with Crippen LogP contribution >= 0.6 is 0 Å². The summed E-state index contributed by atoms with van der Waals surface area (Å²) in [5.41, 5.74) is 0. The molecular weight excluding hydrogens is 196 g/mol. The van der Waals surface area contributed by atoms with Crippen LogP contribution in [0.4, 0.5) is 4.79 Å². The lowest BCUT2D eigenvalue weighted by Crippen LogP contribution is -2.45. The molecule has 1 rings (SSSR count). The van der Waals surface area contributed by atoms with Crippen LogP contribution in [0.5, 0.6) is 0 Å². The van der Waals surface area contributed by atoms with E-state index in [9.17, 15) is 15.0 Å². The fourth-order valence-electron chi connectivity index (χ4n) is 1.19. The molecule has 0 radical (unpaired) electrons. The molecule has 7 heteroatoms. The SMILES string of the molecule is O=C1O[C@H]([C@H](O)CO)[C@@H]([C@H](O)CO)O1. The third-order valence-electron chi connectivity index (χ3n) is 1.92. The van der Waals surface area contributed by atoms with E-state index in [2.05, 4.69) is 9.47 Å². The predicted octanol–water partition coefficient (Wildman–Crippen LogP) is -2.40. The average molecular weight is 208 g/mol. The summed E-state index contributed by atoms with van der Waals surface area (Å²) in [5.74, 6) is 0. The fourth-order valence-corrected chi connectivity index (χ4v) is 1.19. The molecule has 0 aromatic carbocycles. The normalized spacial score (nSPS) is 30.7. The quantitative estimate of drug-likeness (QED) is 0.380. The first kappa shape index (κ1) is 11.2. The molecule has 1 saturated heterocycles. The van der Waals surface area contributed by atoms with E-state index in [1.54, 1.807) is 0 Å². The van der Waals surface area contributed by atoms with Crippen molar-refractivity contribution in [1.29, 1.82) is 0 Å². The Hall–Kier alpha value is -0.890. The summed E-state index contributed by atoms with van der Waals surface area (Å²) in [6.45, 7) is -1.26. The van der Waals surface area contributed by atoms with Crippen molar-refractivity contribution >= 4 is 6.16 Å². The minimum atomic E-state index is -1.34. The summed E-state index contributed by atoms with van der Waals surface area (Å²) in [6.07, 6.45) is -6.04. The molecule has 0 bridgehead atoms. The van der Waals surface area contributed by atoms with Crippen molar-refractivity contribution in [2.45, 2.75) is 24.4 Å². The number of hydrogen-bond acceptors (Lipinski definition) is 7. The first-order valence-electron chi connectivity index (χ1n) is 4.05. The third-order valence-corrected chi connectivity index (χ3v) is 1.92. The molecule has 0 saturated carbocycles. The average Bonchev–Trinajstić information content (AvgIpc) is 2.58. The lowest BCUT2D eigenvalue weighted by Gasteiger charge is -2.21. The minimum absolute atomic E-state index is 0.629. The number of rotatable bonds is 4. The fraction of sp³-hybridized carbons (Fsp3) is 0.857. The van der Waals surface area contributed by atoms with Crippen molar-refractivity contribution in [3.8, 4) is 0 Å². The Morgan fingerprint density at radius 1 is 1.07 bits per heavy atom. The highest BCUT2D eigenvalue weighted by molar-refractivity contribution is 5.62. The number of carbonyl (C=O) groups is 1. The van der Waals surface area contributed by atoms with Gasteiger partial charge in [0.25, 0.3) is 0 Å². The third kappa shape index (κ3) is 2.13. The largest absolute Gasteiger partial charge is 0.509 e. The van der Waals surface area contributed by atoms with Gasteiger partial charge in [0.15, 0.2) is 12.2 Å². The zero-order valence-corrected chi connectivity index (χ0v) is 7.24. The van der Waals surface area contributed by atoms with Gasteiger partial charge >= 0.3 is 6.16 Å². The molecule has 0 aliphatic carbocycles. The molecule has 0 aromatic rings. The number of cyclic esters (lactones) is 2. The first-order chi connectivity index (χ1) is 6.60. The lowest BCUT2D eigenvalue weighted by atomic mass is 10.0. The van der Waals surface area contributed by atoms with Crippen molar-refractivity contribution in [2.75, 3.05) is 13.2 Å². The Balaban J connectivity index is 2.67. The Labute approximate surface area is 79.5 Å². The summed E-state index contributed by atoms with van der Waals surface area (Å²) in [7, 11) is 0. The van der Waals surface area contributed by atoms with Gasteiger partial charge in [0.1, 0.15) is 12.2 Å². The molecule has 82 valence electrons. The molecule has 14 heavy (non-hydrogen) atoms. The van der Waals surface area contributed by atoms with Crippen LogP contribution < -0.4 is 0 Å². The van der Waals surface area contributed by atoms with E-state index >= 15 is 0 Å². The van der Waals surface area contributed by atoms with Crippen LogP contribution in [0.2, 0.25) is 0 Å². The second kappa shape index (κ2) is 4.56. The lowest BCUT2D eigenvalue weighted by molar-refractivity contribution is -0.0640. The maximum atomic E-state index is 10.7. The van der Waals surface area contributed by atoms with Crippen molar-refractivity contribution in [3.63, 3.8) is 0 Å². The number of hydrogen-bond donors (Lipinski definition) is 4. The molecule has 0 unspecified atom stereocenters. The summed E-state index contributed by atoms with van der Waals surface area (Å²) in [4.78, 5) is 10.7. The molecule has 0 spiro atoms. The summed E-state index contributed by atoms with van der Waals surface area (Å²) in [5, 5.41) is 35.6. The Kier molecular flexibility index (Phi) is 3.64. The molecule has 1 heterocycles. The van der Waals surface area contributed by atoms with Crippen molar-refractivity contribution in [2.24, 2.45) is 0 Å². The highest BCUT2D eigenvalue weighted by Gasteiger charge is 2.44. The number of aliphatic hydroxyl groups excluding tert-OH is 4. The molecule has 4 N–H and O–H groups in total. The minimum Gasteiger partial charge on any atom is -0.424 e. The highest BCUT2D eigenvalue weighted by Crippen LogP contribution is 2.21. The van der Waals surface area contributed by atoms with Gasteiger partial charge in [-0.05, 0) is 0 Å². The predicted molar refractivity (Wildman–Crippen MR) is 41.3 cm³/mol. The monoisotopic (exact) mass is 208 g/mol. The maximum absolute atomic E-state index is 10.7. The molecule has 1 fully saturated rings. The van der Waals surface area contributed by atoms with E-state index in [-0.39, 0.29) is 0 Å². The maximum Gasteiger partial charge on any atom is 0.509 e. The van der Waals surface area contributed by atoms with Gasteiger partial charge < -0.3 is 29.9 Å². The number of carbonyl (C=O) groups excluding carboxylic acids is 1. The van der Waals surface area contributed by atoms with E-state index in [1.807, 2.05) is 0 Å².